The van der Waals surface area contributed by atoms with Crippen molar-refractivity contribution in [2.24, 2.45) is 5.92 Å². The number of carbonyl (C=O) groups is 3. The van der Waals surface area contributed by atoms with Crippen LogP contribution in [-0.2, 0) is 14.4 Å². The van der Waals surface area contributed by atoms with Gasteiger partial charge in [-0.25, -0.2) is 0 Å². The van der Waals surface area contributed by atoms with Crippen LogP contribution < -0.4 is 0 Å². The minimum absolute atomic E-state index is 0.0610. The lowest BCUT2D eigenvalue weighted by molar-refractivity contribution is -0.114. The Kier molecular flexibility index (Phi) is 4.08. The molecule has 0 spiro atoms. The first-order valence-electron chi connectivity index (χ1n) is 3.93. The molecule has 0 fully saturated rings. The van der Waals surface area contributed by atoms with Gasteiger partial charge < -0.3 is 0 Å². The van der Waals surface area contributed by atoms with Crippen molar-refractivity contribution < 1.29 is 14.4 Å². The molecule has 1 rings (SSSR count). The van der Waals surface area contributed by atoms with Gasteiger partial charge in [0.2, 0.25) is 10.5 Å². The van der Waals surface area contributed by atoms with Gasteiger partial charge in [0, 0.05) is 11.1 Å². The van der Waals surface area contributed by atoms with Gasteiger partial charge in [0.1, 0.15) is 0 Å². The van der Waals surface area contributed by atoms with Crippen LogP contribution >= 0.6 is 34.8 Å². The minimum Gasteiger partial charge on any atom is -0.281 e. The second-order valence-corrected chi connectivity index (χ2v) is 4.01. The molecule has 0 radical (unpaired) electrons. The van der Waals surface area contributed by atoms with Crippen molar-refractivity contribution in [3.05, 3.63) is 23.3 Å². The molecule has 0 aliphatic heterocycles. The summed E-state index contributed by atoms with van der Waals surface area (Å²) in [4.78, 5) is 32.7. The first-order chi connectivity index (χ1) is 6.91. The summed E-state index contributed by atoms with van der Waals surface area (Å²) >= 11 is 15.8. The van der Waals surface area contributed by atoms with E-state index in [0.717, 1.165) is 0 Å². The molecule has 0 N–H and O–H groups in total. The van der Waals surface area contributed by atoms with E-state index in [1.165, 1.54) is 12.2 Å². The van der Waals surface area contributed by atoms with Gasteiger partial charge in [-0.1, -0.05) is 6.08 Å². The van der Waals surface area contributed by atoms with Crippen molar-refractivity contribution in [1.82, 2.24) is 0 Å². The zero-order valence-electron chi connectivity index (χ0n) is 7.30. The molecule has 0 aromatic carbocycles. The van der Waals surface area contributed by atoms with E-state index in [1.54, 1.807) is 0 Å². The molecule has 1 aliphatic rings. The van der Waals surface area contributed by atoms with Gasteiger partial charge >= 0.3 is 0 Å². The summed E-state index contributed by atoms with van der Waals surface area (Å²) in [5.74, 6) is -0.730. The Morgan fingerprint density at radius 1 is 1.13 bits per heavy atom. The van der Waals surface area contributed by atoms with Crippen molar-refractivity contribution in [3.8, 4) is 0 Å². The Morgan fingerprint density at radius 3 is 2.13 bits per heavy atom. The molecule has 1 aliphatic carbocycles. The topological polar surface area (TPSA) is 51.2 Å². The summed E-state index contributed by atoms with van der Waals surface area (Å²) in [7, 11) is 0. The van der Waals surface area contributed by atoms with Crippen molar-refractivity contribution in [3.63, 3.8) is 0 Å². The molecule has 0 heterocycles. The number of allylic oxidation sites excluding steroid dienone is 4. The molecule has 80 valence electrons. The first-order valence-corrected chi connectivity index (χ1v) is 5.06. The maximum atomic E-state index is 10.9. The van der Waals surface area contributed by atoms with Crippen LogP contribution in [-0.4, -0.2) is 15.7 Å². The van der Waals surface area contributed by atoms with Crippen molar-refractivity contribution in [1.29, 1.82) is 0 Å². The highest BCUT2D eigenvalue weighted by molar-refractivity contribution is 6.70. The SMILES string of the molecule is O=C(Cl)C1=CC(C(=O)Cl)CC(C(=O)Cl)=C1. The Balaban J connectivity index is 3.07. The fourth-order valence-electron chi connectivity index (χ4n) is 1.21. The Bertz CT molecular complexity index is 395. The highest BCUT2D eigenvalue weighted by Crippen LogP contribution is 2.27. The van der Waals surface area contributed by atoms with Crippen LogP contribution in [0.3, 0.4) is 0 Å². The molecule has 1 unspecified atom stereocenters. The Morgan fingerprint density at radius 2 is 1.73 bits per heavy atom. The van der Waals surface area contributed by atoms with Gasteiger partial charge in [0.25, 0.3) is 5.24 Å². The fraction of sp³-hybridized carbons (Fsp3) is 0.222. The molecule has 0 aromatic rings. The average molecular weight is 267 g/mol. The number of hydrogen-bond acceptors (Lipinski definition) is 3. The van der Waals surface area contributed by atoms with Gasteiger partial charge in [-0.05, 0) is 47.3 Å². The molecular weight excluding hydrogens is 262 g/mol. The monoisotopic (exact) mass is 266 g/mol. The van der Waals surface area contributed by atoms with E-state index >= 15 is 0 Å². The highest BCUT2D eigenvalue weighted by atomic mass is 35.5. The zero-order chi connectivity index (χ0) is 11.6. The first kappa shape index (κ1) is 12.4. The second kappa shape index (κ2) is 4.92. The molecule has 0 saturated heterocycles. The normalized spacial score (nSPS) is 20.3. The van der Waals surface area contributed by atoms with E-state index in [-0.39, 0.29) is 17.6 Å². The molecular formula is C9H5Cl3O3. The van der Waals surface area contributed by atoms with Crippen molar-refractivity contribution in [2.75, 3.05) is 0 Å². The summed E-state index contributed by atoms with van der Waals surface area (Å²) in [6.07, 6.45) is 2.69. The number of hydrogen-bond donors (Lipinski definition) is 0. The quantitative estimate of drug-likeness (QED) is 0.736. The second-order valence-electron chi connectivity index (χ2n) is 2.95. The Hall–Kier alpha value is -0.640. The molecule has 6 heteroatoms. The number of carbonyl (C=O) groups excluding carboxylic acids is 3. The van der Waals surface area contributed by atoms with Crippen LogP contribution in [0.25, 0.3) is 0 Å². The summed E-state index contributed by atoms with van der Waals surface area (Å²) in [5, 5.41) is -2.14. The number of rotatable bonds is 3. The lowest BCUT2D eigenvalue weighted by atomic mass is 9.92. The largest absolute Gasteiger partial charge is 0.281 e. The predicted molar refractivity (Wildman–Crippen MR) is 56.9 cm³/mol. The van der Waals surface area contributed by atoms with Crippen LogP contribution in [0.4, 0.5) is 0 Å². The highest BCUT2D eigenvalue weighted by Gasteiger charge is 2.25. The van der Waals surface area contributed by atoms with E-state index in [9.17, 15) is 14.4 Å². The molecule has 1 atom stereocenters. The van der Waals surface area contributed by atoms with Crippen LogP contribution in [0.5, 0.6) is 0 Å². The third-order valence-corrected chi connectivity index (χ3v) is 2.66. The van der Waals surface area contributed by atoms with Crippen molar-refractivity contribution in [2.45, 2.75) is 6.42 Å². The minimum atomic E-state index is -0.756. The van der Waals surface area contributed by atoms with Gasteiger partial charge in [0.15, 0.2) is 0 Å². The van der Waals surface area contributed by atoms with Gasteiger partial charge in [0.05, 0.1) is 5.92 Å². The van der Waals surface area contributed by atoms with Gasteiger partial charge in [-0.15, -0.1) is 0 Å². The van der Waals surface area contributed by atoms with Crippen LogP contribution in [0.1, 0.15) is 6.42 Å². The third-order valence-electron chi connectivity index (χ3n) is 1.92. The molecule has 3 nitrogen and oxygen atoms in total. The maximum absolute atomic E-state index is 10.9. The van der Waals surface area contributed by atoms with Gasteiger partial charge in [-0.2, -0.15) is 0 Å². The lowest BCUT2D eigenvalue weighted by Crippen LogP contribution is -2.15. The molecule has 0 bridgehead atoms. The zero-order valence-corrected chi connectivity index (χ0v) is 9.57. The van der Waals surface area contributed by atoms with E-state index in [2.05, 4.69) is 0 Å². The summed E-state index contributed by atoms with van der Waals surface area (Å²) in [5.41, 5.74) is 0.216. The third kappa shape index (κ3) is 3.16. The molecule has 15 heavy (non-hydrogen) atoms. The predicted octanol–water partition coefficient (Wildman–Crippen LogP) is 2.16. The summed E-state index contributed by atoms with van der Waals surface area (Å²) in [6.45, 7) is 0. The van der Waals surface area contributed by atoms with Crippen LogP contribution in [0.2, 0.25) is 0 Å². The maximum Gasteiger partial charge on any atom is 0.252 e. The Labute approximate surface area is 101 Å². The summed E-state index contributed by atoms with van der Waals surface area (Å²) < 4.78 is 0. The lowest BCUT2D eigenvalue weighted by Gasteiger charge is -2.14. The van der Waals surface area contributed by atoms with E-state index in [1.807, 2.05) is 0 Å². The van der Waals surface area contributed by atoms with Gasteiger partial charge in [-0.3, -0.25) is 14.4 Å². The standard InChI is InChI=1S/C9H5Cl3O3/c10-7(13)4-1-5(8(11)14)3-6(2-4)9(12)15/h1-2,5H,3H2. The average Bonchev–Trinajstić information content (AvgIpc) is 2.16. The van der Waals surface area contributed by atoms with Crippen LogP contribution in [0, 0.1) is 5.92 Å². The molecule has 0 saturated carbocycles. The van der Waals surface area contributed by atoms with Crippen LogP contribution in [0.15, 0.2) is 23.3 Å². The van der Waals surface area contributed by atoms with E-state index in [4.69, 9.17) is 34.8 Å². The van der Waals surface area contributed by atoms with E-state index < -0.39 is 21.6 Å². The van der Waals surface area contributed by atoms with E-state index in [0.29, 0.717) is 0 Å². The number of halogens is 3. The smallest absolute Gasteiger partial charge is 0.252 e. The van der Waals surface area contributed by atoms with Crippen molar-refractivity contribution >= 4 is 50.5 Å². The summed E-state index contributed by atoms with van der Waals surface area (Å²) in [6, 6.07) is 0. The molecule has 0 amide bonds. The fourth-order valence-corrected chi connectivity index (χ4v) is 1.60. The molecule has 0 aromatic heterocycles.